The van der Waals surface area contributed by atoms with Crippen LogP contribution in [0.15, 0.2) is 23.1 Å². The van der Waals surface area contributed by atoms with Gasteiger partial charge >= 0.3 is 5.97 Å². The maximum Gasteiger partial charge on any atom is 0.338 e. The molecule has 106 valence electrons. The molecule has 2 rings (SSSR count). The first kappa shape index (κ1) is 14.4. The standard InChI is InChI=1S/C12H13FN4O2S/c1-2-5-17-11(14-15-16-17)7-20-8-3-4-10(13)9(6-8)12(18)19/h3-4,6H,2,5,7H2,1H3,(H,18,19). The summed E-state index contributed by atoms with van der Waals surface area (Å²) < 4.78 is 15.0. The molecule has 0 spiro atoms. The number of aromatic carboxylic acids is 1. The van der Waals surface area contributed by atoms with Crippen LogP contribution in [0.4, 0.5) is 4.39 Å². The van der Waals surface area contributed by atoms with E-state index in [0.29, 0.717) is 16.5 Å². The molecule has 0 bridgehead atoms. The predicted octanol–water partition coefficient (Wildman–Crippen LogP) is 2.21. The second-order valence-electron chi connectivity index (χ2n) is 4.05. The Morgan fingerprint density at radius 2 is 2.30 bits per heavy atom. The van der Waals surface area contributed by atoms with Crippen LogP contribution in [0.25, 0.3) is 0 Å². The monoisotopic (exact) mass is 296 g/mol. The molecule has 2 aromatic rings. The molecule has 0 aliphatic carbocycles. The number of carboxylic acid groups (broad SMARTS) is 1. The zero-order valence-corrected chi connectivity index (χ0v) is 11.6. The fourth-order valence-electron chi connectivity index (χ4n) is 1.62. The number of hydrogen-bond donors (Lipinski definition) is 1. The number of tetrazole rings is 1. The Labute approximate surface area is 119 Å². The van der Waals surface area contributed by atoms with E-state index in [0.717, 1.165) is 19.0 Å². The Bertz CT molecular complexity index is 617. The molecule has 1 heterocycles. The van der Waals surface area contributed by atoms with Crippen LogP contribution in [0.2, 0.25) is 0 Å². The number of hydrogen-bond acceptors (Lipinski definition) is 5. The highest BCUT2D eigenvalue weighted by Crippen LogP contribution is 2.24. The lowest BCUT2D eigenvalue weighted by atomic mass is 10.2. The zero-order chi connectivity index (χ0) is 14.5. The molecule has 6 nitrogen and oxygen atoms in total. The third kappa shape index (κ3) is 3.32. The molecule has 0 fully saturated rings. The molecule has 20 heavy (non-hydrogen) atoms. The van der Waals surface area contributed by atoms with Gasteiger partial charge in [0, 0.05) is 11.4 Å². The highest BCUT2D eigenvalue weighted by Gasteiger charge is 2.12. The van der Waals surface area contributed by atoms with Gasteiger partial charge in [0.15, 0.2) is 5.82 Å². The van der Waals surface area contributed by atoms with Crippen molar-refractivity contribution in [1.82, 2.24) is 20.2 Å². The Morgan fingerprint density at radius 3 is 3.00 bits per heavy atom. The molecule has 0 saturated heterocycles. The van der Waals surface area contributed by atoms with Gasteiger partial charge in [-0.05, 0) is 35.0 Å². The van der Waals surface area contributed by atoms with Crippen LogP contribution in [0.5, 0.6) is 0 Å². The maximum atomic E-state index is 13.3. The highest BCUT2D eigenvalue weighted by atomic mass is 32.2. The van der Waals surface area contributed by atoms with Gasteiger partial charge in [-0.1, -0.05) is 6.92 Å². The first-order valence-corrected chi connectivity index (χ1v) is 7.01. The molecule has 1 N–H and O–H groups in total. The fourth-order valence-corrected chi connectivity index (χ4v) is 2.49. The predicted molar refractivity (Wildman–Crippen MR) is 71.0 cm³/mol. The minimum Gasteiger partial charge on any atom is -0.478 e. The number of aromatic nitrogens is 4. The van der Waals surface area contributed by atoms with Crippen molar-refractivity contribution in [2.75, 3.05) is 0 Å². The molecule has 0 radical (unpaired) electrons. The van der Waals surface area contributed by atoms with E-state index < -0.39 is 11.8 Å². The summed E-state index contributed by atoms with van der Waals surface area (Å²) in [5.41, 5.74) is -0.330. The highest BCUT2D eigenvalue weighted by molar-refractivity contribution is 7.98. The molecule has 1 aromatic carbocycles. The number of carbonyl (C=O) groups is 1. The molecule has 0 aliphatic heterocycles. The molecule has 0 aliphatic rings. The van der Waals surface area contributed by atoms with E-state index in [1.165, 1.54) is 17.8 Å². The lowest BCUT2D eigenvalue weighted by Gasteiger charge is -2.04. The van der Waals surface area contributed by atoms with E-state index in [-0.39, 0.29) is 5.56 Å². The lowest BCUT2D eigenvalue weighted by molar-refractivity contribution is 0.0691. The largest absolute Gasteiger partial charge is 0.478 e. The molecule has 0 unspecified atom stereocenters. The molecule has 8 heteroatoms. The summed E-state index contributed by atoms with van der Waals surface area (Å²) in [6.45, 7) is 2.75. The van der Waals surface area contributed by atoms with Crippen molar-refractivity contribution in [2.45, 2.75) is 30.5 Å². The van der Waals surface area contributed by atoms with Crippen LogP contribution in [-0.2, 0) is 12.3 Å². The second-order valence-corrected chi connectivity index (χ2v) is 5.10. The van der Waals surface area contributed by atoms with E-state index in [1.807, 2.05) is 6.92 Å². The van der Waals surface area contributed by atoms with Crippen molar-refractivity contribution >= 4 is 17.7 Å². The maximum absolute atomic E-state index is 13.3. The average molecular weight is 296 g/mol. The number of carboxylic acids is 1. The quantitative estimate of drug-likeness (QED) is 0.823. The molecule has 0 saturated carbocycles. The van der Waals surface area contributed by atoms with E-state index in [9.17, 15) is 9.18 Å². The summed E-state index contributed by atoms with van der Waals surface area (Å²) in [6, 6.07) is 4.01. The molecule has 0 atom stereocenters. The van der Waals surface area contributed by atoms with Gasteiger partial charge in [0.2, 0.25) is 0 Å². The molecule has 0 amide bonds. The Morgan fingerprint density at radius 1 is 1.50 bits per heavy atom. The third-order valence-corrected chi connectivity index (χ3v) is 3.57. The van der Waals surface area contributed by atoms with Crippen molar-refractivity contribution < 1.29 is 14.3 Å². The van der Waals surface area contributed by atoms with Crippen LogP contribution in [0, 0.1) is 5.82 Å². The topological polar surface area (TPSA) is 80.9 Å². The summed E-state index contributed by atoms with van der Waals surface area (Å²) in [4.78, 5) is 11.5. The zero-order valence-electron chi connectivity index (χ0n) is 10.8. The van der Waals surface area contributed by atoms with Gasteiger partial charge in [-0.3, -0.25) is 0 Å². The Balaban J connectivity index is 2.09. The lowest BCUT2D eigenvalue weighted by Crippen LogP contribution is -2.04. The smallest absolute Gasteiger partial charge is 0.338 e. The van der Waals surface area contributed by atoms with Crippen molar-refractivity contribution in [1.29, 1.82) is 0 Å². The van der Waals surface area contributed by atoms with Gasteiger partial charge in [-0.2, -0.15) is 0 Å². The average Bonchev–Trinajstić information content (AvgIpc) is 2.85. The van der Waals surface area contributed by atoms with Crippen LogP contribution in [0.1, 0.15) is 29.5 Å². The van der Waals surface area contributed by atoms with E-state index in [4.69, 9.17) is 5.11 Å². The van der Waals surface area contributed by atoms with Gasteiger partial charge in [0.1, 0.15) is 5.82 Å². The minimum absolute atomic E-state index is 0.330. The van der Waals surface area contributed by atoms with Gasteiger partial charge in [-0.15, -0.1) is 16.9 Å². The fraction of sp³-hybridized carbons (Fsp3) is 0.333. The number of aryl methyl sites for hydroxylation is 1. The number of benzene rings is 1. The van der Waals surface area contributed by atoms with Gasteiger partial charge in [0.05, 0.1) is 11.3 Å². The Hall–Kier alpha value is -1.96. The number of rotatable bonds is 6. The van der Waals surface area contributed by atoms with E-state index in [1.54, 1.807) is 10.7 Å². The SMILES string of the molecule is CCCn1nnnc1CSc1ccc(F)c(C(=O)O)c1. The number of halogens is 1. The van der Waals surface area contributed by atoms with Crippen molar-refractivity contribution in [3.05, 3.63) is 35.4 Å². The summed E-state index contributed by atoms with van der Waals surface area (Å²) in [7, 11) is 0. The van der Waals surface area contributed by atoms with Gasteiger partial charge < -0.3 is 5.11 Å². The van der Waals surface area contributed by atoms with Crippen molar-refractivity contribution in [3.63, 3.8) is 0 Å². The normalized spacial score (nSPS) is 10.7. The van der Waals surface area contributed by atoms with Gasteiger partial charge in [-0.25, -0.2) is 13.9 Å². The van der Waals surface area contributed by atoms with Crippen LogP contribution < -0.4 is 0 Å². The summed E-state index contributed by atoms with van der Waals surface area (Å²) in [5.74, 6) is -0.811. The minimum atomic E-state index is -1.28. The number of thioether (sulfide) groups is 1. The van der Waals surface area contributed by atoms with Crippen molar-refractivity contribution in [2.24, 2.45) is 0 Å². The van der Waals surface area contributed by atoms with Crippen LogP contribution in [-0.4, -0.2) is 31.3 Å². The first-order chi connectivity index (χ1) is 9.61. The van der Waals surface area contributed by atoms with E-state index >= 15 is 0 Å². The second kappa shape index (κ2) is 6.47. The molecular weight excluding hydrogens is 283 g/mol. The van der Waals surface area contributed by atoms with Gasteiger partial charge in [0.25, 0.3) is 0 Å². The molecular formula is C12H13FN4O2S. The van der Waals surface area contributed by atoms with Crippen LogP contribution in [0.3, 0.4) is 0 Å². The first-order valence-electron chi connectivity index (χ1n) is 6.02. The van der Waals surface area contributed by atoms with E-state index in [2.05, 4.69) is 15.5 Å². The summed E-state index contributed by atoms with van der Waals surface area (Å²) >= 11 is 1.37. The molecule has 1 aromatic heterocycles. The van der Waals surface area contributed by atoms with Crippen LogP contribution >= 0.6 is 11.8 Å². The Kier molecular flexibility index (Phi) is 4.67. The summed E-state index contributed by atoms with van der Waals surface area (Å²) in [6.07, 6.45) is 0.919. The number of nitrogens with zero attached hydrogens (tertiary/aromatic N) is 4. The third-order valence-electron chi connectivity index (χ3n) is 2.58. The van der Waals surface area contributed by atoms with Crippen molar-refractivity contribution in [3.8, 4) is 0 Å². The summed E-state index contributed by atoms with van der Waals surface area (Å²) in [5, 5.41) is 20.3.